The zero-order valence-electron chi connectivity index (χ0n) is 28.7. The van der Waals surface area contributed by atoms with Crippen molar-refractivity contribution in [2.75, 3.05) is 32.0 Å². The highest BCUT2D eigenvalue weighted by Gasteiger charge is 2.57. The number of imidazole rings is 1. The molecule has 0 aromatic carbocycles. The Morgan fingerprint density at radius 1 is 1.04 bits per heavy atom. The molecule has 2 aromatic rings. The van der Waals surface area contributed by atoms with Crippen LogP contribution in [0.5, 0.6) is 0 Å². The van der Waals surface area contributed by atoms with Crippen LogP contribution in [0.1, 0.15) is 40.0 Å². The number of aliphatic hydroxyl groups excluding tert-OH is 2. The molecule has 304 valence electrons. The molecule has 3 rings (SSSR count). The standard InChI is InChI=1S/C25H40N7O19P3/c1-24(2,20(38)23(39)28-7-5-15(34)27-6-4-13(33)8-16(35)36)10-48-54(45,46)51-53(43,44)47-9-14-18(50-52(40,41)42)19(37)25(3,49-14)32-12-31-17-21(26)29-11-30-22(17)32/h11-12,14,18-20,37-38H,4-10H2,1-3H3,(H,27,34)(H,28,39)(H,35,36)(H,43,44)(H,45,46)(H2,26,29,30)(H2,40,41,42). The second kappa shape index (κ2) is 17.6. The number of carbonyl (C=O) groups excluding carboxylic acids is 3. The van der Waals surface area contributed by atoms with E-state index < -0.39 is 102 Å². The Hall–Kier alpha value is -3.32. The number of nitrogen functional groups attached to an aromatic ring is 1. The number of nitrogens with zero attached hydrogens (tertiary/aromatic N) is 4. The number of phosphoric ester groups is 3. The lowest BCUT2D eigenvalue weighted by Gasteiger charge is -2.30. The molecule has 26 nitrogen and oxygen atoms in total. The van der Waals surface area contributed by atoms with Crippen LogP contribution in [0.3, 0.4) is 0 Å². The number of fused-ring (bicyclic) bond motifs is 1. The second-order valence-electron chi connectivity index (χ2n) is 12.5. The summed E-state index contributed by atoms with van der Waals surface area (Å²) in [6.07, 6.45) is -6.67. The normalized spacial score (nSPS) is 23.3. The number of ketones is 1. The third-order valence-corrected chi connectivity index (χ3v) is 10.7. The summed E-state index contributed by atoms with van der Waals surface area (Å²) in [5, 5.41) is 34.7. The molecule has 0 spiro atoms. The second-order valence-corrected chi connectivity index (χ2v) is 16.7. The number of rotatable bonds is 21. The lowest BCUT2D eigenvalue weighted by atomic mass is 9.87. The van der Waals surface area contributed by atoms with E-state index in [1.54, 1.807) is 0 Å². The highest BCUT2D eigenvalue weighted by Crippen LogP contribution is 2.61. The van der Waals surface area contributed by atoms with Crippen LogP contribution in [-0.2, 0) is 61.2 Å². The van der Waals surface area contributed by atoms with Crippen molar-refractivity contribution in [3.8, 4) is 0 Å². The molecule has 1 aliphatic heterocycles. The van der Waals surface area contributed by atoms with E-state index in [1.807, 2.05) is 0 Å². The Bertz CT molecular complexity index is 1860. The molecular formula is C25H40N7O19P3. The van der Waals surface area contributed by atoms with Gasteiger partial charge in [0.25, 0.3) is 0 Å². The SMILES string of the molecule is CC(C)(COP(=O)(O)OP(=O)(O)OCC1OC(C)(n2cnc3c(N)ncnc32)C(O)C1OP(=O)(O)O)C(O)C(=O)NCCC(=O)NCCC(=O)CC(=O)O. The van der Waals surface area contributed by atoms with Crippen molar-refractivity contribution in [1.29, 1.82) is 0 Å². The molecule has 11 N–H and O–H groups in total. The molecule has 0 radical (unpaired) electrons. The van der Waals surface area contributed by atoms with E-state index in [4.69, 9.17) is 24.6 Å². The zero-order valence-corrected chi connectivity index (χ0v) is 31.3. The van der Waals surface area contributed by atoms with Gasteiger partial charge in [0.2, 0.25) is 11.8 Å². The predicted octanol–water partition coefficient (Wildman–Crippen LogP) is -1.99. The summed E-state index contributed by atoms with van der Waals surface area (Å²) in [5.74, 6) is -3.63. The molecule has 3 heterocycles. The number of aromatic nitrogens is 4. The maximum absolute atomic E-state index is 12.7. The molecule has 2 amide bonds. The first-order valence-electron chi connectivity index (χ1n) is 15.4. The first kappa shape index (κ1) is 45.1. The Kier molecular flexibility index (Phi) is 14.7. The van der Waals surface area contributed by atoms with E-state index >= 15 is 0 Å². The maximum Gasteiger partial charge on any atom is 0.481 e. The van der Waals surface area contributed by atoms with Gasteiger partial charge in [-0.2, -0.15) is 4.31 Å². The number of nitrogens with one attached hydrogen (secondary N) is 2. The zero-order chi connectivity index (χ0) is 40.9. The fourth-order valence-electron chi connectivity index (χ4n) is 4.85. The number of aliphatic carboxylic acids is 1. The molecular weight excluding hydrogens is 795 g/mol. The summed E-state index contributed by atoms with van der Waals surface area (Å²) in [6, 6.07) is 0. The quantitative estimate of drug-likeness (QED) is 0.0481. The van der Waals surface area contributed by atoms with Crippen molar-refractivity contribution in [3.63, 3.8) is 0 Å². The summed E-state index contributed by atoms with van der Waals surface area (Å²) < 4.78 is 62.3. The van der Waals surface area contributed by atoms with E-state index in [2.05, 4.69) is 34.4 Å². The van der Waals surface area contributed by atoms with Gasteiger partial charge in [-0.05, 0) is 6.92 Å². The number of ether oxygens (including phenoxy) is 1. The van der Waals surface area contributed by atoms with Crippen LogP contribution in [0.15, 0.2) is 12.7 Å². The van der Waals surface area contributed by atoms with Crippen molar-refractivity contribution >= 4 is 64.0 Å². The van der Waals surface area contributed by atoms with Gasteiger partial charge in [-0.1, -0.05) is 13.8 Å². The number of Topliss-reactive ketones (excluding diaryl/α,β-unsaturated/α-hetero) is 1. The number of carbonyl (C=O) groups is 4. The lowest BCUT2D eigenvalue weighted by molar-refractivity contribution is -0.140. The Morgan fingerprint density at radius 2 is 1.67 bits per heavy atom. The number of amides is 2. The Labute approximate surface area is 304 Å². The van der Waals surface area contributed by atoms with Crippen LogP contribution in [0, 0.1) is 5.41 Å². The van der Waals surface area contributed by atoms with E-state index in [1.165, 1.54) is 20.8 Å². The average molecular weight is 836 g/mol. The first-order chi connectivity index (χ1) is 24.8. The Morgan fingerprint density at radius 3 is 2.30 bits per heavy atom. The fraction of sp³-hybridized carbons (Fsp3) is 0.640. The number of hydrogen-bond donors (Lipinski definition) is 10. The third kappa shape index (κ3) is 12.3. The van der Waals surface area contributed by atoms with Crippen molar-refractivity contribution in [1.82, 2.24) is 30.2 Å². The average Bonchev–Trinajstić information content (AvgIpc) is 3.58. The van der Waals surface area contributed by atoms with Crippen LogP contribution in [0.2, 0.25) is 0 Å². The topological polar surface area (TPSA) is 401 Å². The number of carboxylic acid groups (broad SMARTS) is 1. The molecule has 7 unspecified atom stereocenters. The summed E-state index contributed by atoms with van der Waals surface area (Å²) >= 11 is 0. The van der Waals surface area contributed by atoms with Gasteiger partial charge in [0.05, 0.1) is 19.5 Å². The van der Waals surface area contributed by atoms with Gasteiger partial charge in [-0.3, -0.25) is 37.3 Å². The maximum atomic E-state index is 12.7. The number of hydrogen-bond acceptors (Lipinski definition) is 18. The van der Waals surface area contributed by atoms with Gasteiger partial charge >= 0.3 is 29.4 Å². The number of carboxylic acids is 1. The molecule has 1 aliphatic rings. The van der Waals surface area contributed by atoms with E-state index in [-0.39, 0.29) is 42.9 Å². The van der Waals surface area contributed by atoms with Crippen LogP contribution in [0.25, 0.3) is 11.2 Å². The van der Waals surface area contributed by atoms with Gasteiger partial charge in [0.1, 0.15) is 48.5 Å². The monoisotopic (exact) mass is 835 g/mol. The third-order valence-electron chi connectivity index (χ3n) is 7.64. The van der Waals surface area contributed by atoms with Crippen molar-refractivity contribution in [2.45, 2.75) is 70.2 Å². The Balaban J connectivity index is 1.56. The number of aliphatic hydroxyl groups is 2. The molecule has 54 heavy (non-hydrogen) atoms. The summed E-state index contributed by atoms with van der Waals surface area (Å²) in [4.78, 5) is 97.3. The summed E-state index contributed by atoms with van der Waals surface area (Å²) in [6.45, 7) is 1.11. The van der Waals surface area contributed by atoms with Crippen molar-refractivity contribution < 1.29 is 90.4 Å². The lowest BCUT2D eigenvalue weighted by Crippen LogP contribution is -2.46. The number of anilines is 1. The van der Waals surface area contributed by atoms with Gasteiger partial charge < -0.3 is 56.0 Å². The van der Waals surface area contributed by atoms with Gasteiger partial charge in [0, 0.05) is 31.3 Å². The predicted molar refractivity (Wildman–Crippen MR) is 176 cm³/mol. The molecule has 1 fully saturated rings. The molecule has 0 saturated carbocycles. The molecule has 29 heteroatoms. The van der Waals surface area contributed by atoms with E-state index in [0.717, 1.165) is 17.2 Å². The molecule has 0 bridgehead atoms. The first-order valence-corrected chi connectivity index (χ1v) is 19.9. The van der Waals surface area contributed by atoms with Gasteiger partial charge in [-0.25, -0.2) is 28.6 Å². The molecule has 0 aliphatic carbocycles. The summed E-state index contributed by atoms with van der Waals surface area (Å²) in [5.41, 5.74) is 2.20. The van der Waals surface area contributed by atoms with Crippen LogP contribution >= 0.6 is 23.5 Å². The molecule has 1 saturated heterocycles. The van der Waals surface area contributed by atoms with E-state index in [9.17, 15) is 62.7 Å². The van der Waals surface area contributed by atoms with Crippen LogP contribution in [0.4, 0.5) is 5.82 Å². The van der Waals surface area contributed by atoms with Gasteiger partial charge in [0.15, 0.2) is 17.2 Å². The van der Waals surface area contributed by atoms with E-state index in [0.29, 0.717) is 0 Å². The minimum Gasteiger partial charge on any atom is -0.481 e. The fourth-order valence-corrected chi connectivity index (χ4v) is 7.67. The smallest absolute Gasteiger partial charge is 0.481 e. The molecule has 2 aromatic heterocycles. The van der Waals surface area contributed by atoms with Crippen LogP contribution < -0.4 is 16.4 Å². The largest absolute Gasteiger partial charge is 0.481 e. The van der Waals surface area contributed by atoms with Crippen LogP contribution in [-0.4, -0.2) is 129 Å². The summed E-state index contributed by atoms with van der Waals surface area (Å²) in [7, 11) is -16.5. The minimum atomic E-state index is -5.61. The number of nitrogens with two attached hydrogens (primary N) is 1. The molecule has 7 atom stereocenters. The highest BCUT2D eigenvalue weighted by atomic mass is 31.3. The van der Waals surface area contributed by atoms with Crippen molar-refractivity contribution in [3.05, 3.63) is 12.7 Å². The number of phosphoric acid groups is 3. The van der Waals surface area contributed by atoms with Gasteiger partial charge in [-0.15, -0.1) is 0 Å². The minimum absolute atomic E-state index is 0.00552. The van der Waals surface area contributed by atoms with Crippen molar-refractivity contribution in [2.24, 2.45) is 5.41 Å². The highest BCUT2D eigenvalue weighted by molar-refractivity contribution is 7.61.